The summed E-state index contributed by atoms with van der Waals surface area (Å²) < 4.78 is 1.53. The summed E-state index contributed by atoms with van der Waals surface area (Å²) in [4.78, 5) is 12.2. The third kappa shape index (κ3) is 2.99. The average Bonchev–Trinajstić information content (AvgIpc) is 2.40. The fourth-order valence-electron chi connectivity index (χ4n) is 2.67. The van der Waals surface area contributed by atoms with Crippen molar-refractivity contribution in [2.45, 2.75) is 45.7 Å². The summed E-state index contributed by atoms with van der Waals surface area (Å²) in [6.07, 6.45) is 5.40. The van der Waals surface area contributed by atoms with Gasteiger partial charge in [-0.2, -0.15) is 5.10 Å². The molecule has 4 heteroatoms. The molecule has 1 aromatic heterocycles. The number of aromatic nitrogens is 2. The number of aryl methyl sites for hydroxylation is 2. The molecule has 1 saturated carbocycles. The molecule has 0 bridgehead atoms. The van der Waals surface area contributed by atoms with Gasteiger partial charge in [-0.1, -0.05) is 18.2 Å². The third-order valence-corrected chi connectivity index (χ3v) is 4.30. The molecule has 110 valence electrons. The highest BCUT2D eigenvalue weighted by molar-refractivity contribution is 5.40. The van der Waals surface area contributed by atoms with Crippen LogP contribution >= 0.6 is 0 Å². The molecule has 0 aliphatic heterocycles. The SMILES string of the molecule is Cc1cccc(C)c1Cn1ncc(NC2CCC2)cc1=O. The van der Waals surface area contributed by atoms with Crippen LogP contribution in [0.4, 0.5) is 5.69 Å². The summed E-state index contributed by atoms with van der Waals surface area (Å²) in [5, 5.41) is 7.67. The maximum Gasteiger partial charge on any atom is 0.269 e. The van der Waals surface area contributed by atoms with Crippen LogP contribution in [-0.2, 0) is 6.54 Å². The van der Waals surface area contributed by atoms with Crippen LogP contribution < -0.4 is 10.9 Å². The third-order valence-electron chi connectivity index (χ3n) is 4.30. The van der Waals surface area contributed by atoms with Crippen LogP contribution in [0.2, 0.25) is 0 Å². The van der Waals surface area contributed by atoms with Crippen LogP contribution in [0.5, 0.6) is 0 Å². The van der Waals surface area contributed by atoms with Crippen molar-refractivity contribution in [2.24, 2.45) is 0 Å². The molecule has 0 spiro atoms. The van der Waals surface area contributed by atoms with Crippen LogP contribution in [0.15, 0.2) is 35.3 Å². The minimum Gasteiger partial charge on any atom is -0.381 e. The molecule has 1 aromatic carbocycles. The van der Waals surface area contributed by atoms with Gasteiger partial charge in [-0.05, 0) is 49.8 Å². The predicted octanol–water partition coefficient (Wildman–Crippen LogP) is 2.87. The van der Waals surface area contributed by atoms with E-state index in [1.165, 1.54) is 40.6 Å². The largest absolute Gasteiger partial charge is 0.381 e. The number of rotatable bonds is 4. The molecule has 1 fully saturated rings. The Morgan fingerprint density at radius 2 is 2.00 bits per heavy atom. The summed E-state index contributed by atoms with van der Waals surface area (Å²) >= 11 is 0. The minimum atomic E-state index is -0.0537. The van der Waals surface area contributed by atoms with Crippen molar-refractivity contribution in [2.75, 3.05) is 5.32 Å². The smallest absolute Gasteiger partial charge is 0.269 e. The zero-order chi connectivity index (χ0) is 14.8. The molecule has 2 aromatic rings. The molecule has 0 atom stereocenters. The van der Waals surface area contributed by atoms with Crippen molar-refractivity contribution in [1.29, 1.82) is 0 Å². The second-order valence-electron chi connectivity index (χ2n) is 5.88. The van der Waals surface area contributed by atoms with Crippen molar-refractivity contribution in [3.05, 3.63) is 57.5 Å². The van der Waals surface area contributed by atoms with Crippen molar-refractivity contribution in [1.82, 2.24) is 9.78 Å². The van der Waals surface area contributed by atoms with Crippen LogP contribution in [0.1, 0.15) is 36.0 Å². The molecule has 1 aliphatic rings. The highest BCUT2D eigenvalue weighted by Crippen LogP contribution is 2.22. The van der Waals surface area contributed by atoms with Gasteiger partial charge in [0.25, 0.3) is 5.56 Å². The zero-order valence-electron chi connectivity index (χ0n) is 12.6. The highest BCUT2D eigenvalue weighted by atomic mass is 16.1. The van der Waals surface area contributed by atoms with Gasteiger partial charge < -0.3 is 5.32 Å². The van der Waals surface area contributed by atoms with Gasteiger partial charge in [-0.3, -0.25) is 4.79 Å². The van der Waals surface area contributed by atoms with E-state index in [0.29, 0.717) is 12.6 Å². The lowest BCUT2D eigenvalue weighted by molar-refractivity contribution is 0.445. The predicted molar refractivity (Wildman–Crippen MR) is 84.8 cm³/mol. The number of hydrogen-bond donors (Lipinski definition) is 1. The lowest BCUT2D eigenvalue weighted by atomic mass is 9.93. The van der Waals surface area contributed by atoms with Gasteiger partial charge in [-0.15, -0.1) is 0 Å². The Morgan fingerprint density at radius 1 is 1.29 bits per heavy atom. The van der Waals surface area contributed by atoms with E-state index in [9.17, 15) is 4.79 Å². The maximum absolute atomic E-state index is 12.2. The molecule has 0 saturated heterocycles. The first-order chi connectivity index (χ1) is 10.1. The van der Waals surface area contributed by atoms with Gasteiger partial charge in [0.1, 0.15) is 0 Å². The standard InChI is InChI=1S/C17H21N3O/c1-12-5-3-6-13(2)16(12)11-20-17(21)9-15(10-18-20)19-14-7-4-8-14/h3,5-6,9-10,14,19H,4,7-8,11H2,1-2H3. The number of nitrogens with one attached hydrogen (secondary N) is 1. The normalized spacial score (nSPS) is 14.8. The summed E-state index contributed by atoms with van der Waals surface area (Å²) in [7, 11) is 0. The van der Waals surface area contributed by atoms with Crippen LogP contribution in [-0.4, -0.2) is 15.8 Å². The Labute approximate surface area is 124 Å². The summed E-state index contributed by atoms with van der Waals surface area (Å²) in [6, 6.07) is 8.34. The summed E-state index contributed by atoms with van der Waals surface area (Å²) in [6.45, 7) is 4.67. The van der Waals surface area contributed by atoms with Crippen LogP contribution in [0, 0.1) is 13.8 Å². The Balaban J connectivity index is 1.81. The zero-order valence-corrected chi connectivity index (χ0v) is 12.6. The molecule has 21 heavy (non-hydrogen) atoms. The number of hydrogen-bond acceptors (Lipinski definition) is 3. The Morgan fingerprint density at radius 3 is 2.57 bits per heavy atom. The van der Waals surface area contributed by atoms with E-state index in [2.05, 4.69) is 36.4 Å². The fraction of sp³-hybridized carbons (Fsp3) is 0.412. The molecule has 1 N–H and O–H groups in total. The molecule has 0 amide bonds. The summed E-state index contributed by atoms with van der Waals surface area (Å²) in [5.74, 6) is 0. The molecule has 0 radical (unpaired) electrons. The molecule has 1 heterocycles. The molecule has 3 rings (SSSR count). The van der Waals surface area contributed by atoms with Crippen molar-refractivity contribution >= 4 is 5.69 Å². The van der Waals surface area contributed by atoms with E-state index in [4.69, 9.17) is 0 Å². The Kier molecular flexibility index (Phi) is 3.78. The maximum atomic E-state index is 12.2. The van der Waals surface area contributed by atoms with Gasteiger partial charge >= 0.3 is 0 Å². The quantitative estimate of drug-likeness (QED) is 0.938. The van der Waals surface area contributed by atoms with E-state index >= 15 is 0 Å². The topological polar surface area (TPSA) is 46.9 Å². The lowest BCUT2D eigenvalue weighted by Crippen LogP contribution is -2.29. The summed E-state index contributed by atoms with van der Waals surface area (Å²) in [5.41, 5.74) is 4.34. The number of anilines is 1. The Hall–Kier alpha value is -2.10. The first kappa shape index (κ1) is 13.9. The minimum absolute atomic E-state index is 0.0537. The monoisotopic (exact) mass is 283 g/mol. The average molecular weight is 283 g/mol. The van der Waals surface area contributed by atoms with Gasteiger partial charge in [0.2, 0.25) is 0 Å². The molecular weight excluding hydrogens is 262 g/mol. The number of nitrogens with zero attached hydrogens (tertiary/aromatic N) is 2. The fourth-order valence-corrected chi connectivity index (χ4v) is 2.67. The van der Waals surface area contributed by atoms with E-state index in [0.717, 1.165) is 5.69 Å². The number of benzene rings is 1. The van der Waals surface area contributed by atoms with Gasteiger partial charge in [-0.25, -0.2) is 4.68 Å². The second-order valence-corrected chi connectivity index (χ2v) is 5.88. The van der Waals surface area contributed by atoms with E-state index in [1.54, 1.807) is 12.3 Å². The van der Waals surface area contributed by atoms with Gasteiger partial charge in [0, 0.05) is 12.1 Å². The van der Waals surface area contributed by atoms with Crippen LogP contribution in [0.3, 0.4) is 0 Å². The molecular formula is C17H21N3O. The van der Waals surface area contributed by atoms with E-state index in [1.807, 2.05) is 6.07 Å². The van der Waals surface area contributed by atoms with E-state index in [-0.39, 0.29) is 5.56 Å². The second kappa shape index (κ2) is 5.72. The van der Waals surface area contributed by atoms with Crippen LogP contribution in [0.25, 0.3) is 0 Å². The first-order valence-corrected chi connectivity index (χ1v) is 7.52. The highest BCUT2D eigenvalue weighted by Gasteiger charge is 2.17. The molecule has 4 nitrogen and oxygen atoms in total. The molecule has 0 unspecified atom stereocenters. The van der Waals surface area contributed by atoms with Crippen molar-refractivity contribution in [3.8, 4) is 0 Å². The van der Waals surface area contributed by atoms with Crippen molar-refractivity contribution in [3.63, 3.8) is 0 Å². The van der Waals surface area contributed by atoms with E-state index < -0.39 is 0 Å². The van der Waals surface area contributed by atoms with Gasteiger partial charge in [0.15, 0.2) is 0 Å². The lowest BCUT2D eigenvalue weighted by Gasteiger charge is -2.27. The first-order valence-electron chi connectivity index (χ1n) is 7.52. The van der Waals surface area contributed by atoms with Crippen molar-refractivity contribution < 1.29 is 0 Å². The molecule has 1 aliphatic carbocycles. The Bertz CT molecular complexity index is 681. The van der Waals surface area contributed by atoms with Gasteiger partial charge in [0.05, 0.1) is 18.4 Å².